The summed E-state index contributed by atoms with van der Waals surface area (Å²) in [5.41, 5.74) is -0.389. The van der Waals surface area contributed by atoms with Crippen LogP contribution in [0.15, 0.2) is 29.0 Å². The van der Waals surface area contributed by atoms with Gasteiger partial charge in [0.15, 0.2) is 5.16 Å². The van der Waals surface area contributed by atoms with Gasteiger partial charge in [-0.3, -0.25) is 10.1 Å². The standard InChI is InChI=1S/C15H21N5O2S2/c1-15(2,3)18-13(22)17-12(21)9-24-14-19-16-10-20(14)7-6-11-5-4-8-23-11/h4-5,8,10H,6-7,9H2,1-3H3,(H2,17,18,21,22). The van der Waals surface area contributed by atoms with Gasteiger partial charge in [0.05, 0.1) is 5.75 Å². The van der Waals surface area contributed by atoms with E-state index >= 15 is 0 Å². The number of thiophene rings is 1. The predicted octanol–water partition coefficient (Wildman–Crippen LogP) is 2.30. The van der Waals surface area contributed by atoms with E-state index in [0.29, 0.717) is 5.16 Å². The maximum atomic E-state index is 11.8. The number of carbonyl (C=O) groups excluding carboxylic acids is 2. The quantitative estimate of drug-likeness (QED) is 0.765. The van der Waals surface area contributed by atoms with Crippen molar-refractivity contribution in [3.8, 4) is 0 Å². The average Bonchev–Trinajstić information content (AvgIpc) is 3.12. The first-order valence-corrected chi connectivity index (χ1v) is 9.35. The second-order valence-corrected chi connectivity index (χ2v) is 8.15. The fraction of sp³-hybridized carbons (Fsp3) is 0.467. The molecule has 2 N–H and O–H groups in total. The van der Waals surface area contributed by atoms with Crippen molar-refractivity contribution < 1.29 is 9.59 Å². The molecule has 2 rings (SSSR count). The van der Waals surface area contributed by atoms with E-state index in [4.69, 9.17) is 0 Å². The van der Waals surface area contributed by atoms with Gasteiger partial charge in [-0.05, 0) is 38.6 Å². The number of aromatic nitrogens is 3. The van der Waals surface area contributed by atoms with Crippen LogP contribution in [-0.4, -0.2) is 38.0 Å². The zero-order valence-electron chi connectivity index (χ0n) is 13.9. The van der Waals surface area contributed by atoms with Crippen LogP contribution in [-0.2, 0) is 17.8 Å². The van der Waals surface area contributed by atoms with Crippen LogP contribution in [0.2, 0.25) is 0 Å². The molecule has 2 aromatic rings. The number of nitrogens with zero attached hydrogens (tertiary/aromatic N) is 3. The van der Waals surface area contributed by atoms with E-state index in [0.717, 1.165) is 13.0 Å². The number of thioether (sulfide) groups is 1. The highest BCUT2D eigenvalue weighted by Gasteiger charge is 2.16. The third-order valence-corrected chi connectivity index (χ3v) is 4.75. The molecule has 0 aliphatic rings. The van der Waals surface area contributed by atoms with Crippen LogP contribution in [0, 0.1) is 0 Å². The highest BCUT2D eigenvalue weighted by atomic mass is 32.2. The van der Waals surface area contributed by atoms with Crippen LogP contribution < -0.4 is 10.6 Å². The van der Waals surface area contributed by atoms with Crippen LogP contribution in [0.1, 0.15) is 25.6 Å². The minimum absolute atomic E-state index is 0.106. The lowest BCUT2D eigenvalue weighted by molar-refractivity contribution is -0.117. The molecule has 2 heterocycles. The maximum absolute atomic E-state index is 11.8. The molecule has 0 radical (unpaired) electrons. The fourth-order valence-corrected chi connectivity index (χ4v) is 3.30. The smallest absolute Gasteiger partial charge is 0.321 e. The van der Waals surface area contributed by atoms with E-state index in [1.165, 1.54) is 16.6 Å². The Labute approximate surface area is 149 Å². The summed E-state index contributed by atoms with van der Waals surface area (Å²) >= 11 is 2.97. The van der Waals surface area contributed by atoms with Gasteiger partial charge in [0.2, 0.25) is 5.91 Å². The minimum atomic E-state index is -0.493. The second kappa shape index (κ2) is 8.29. The number of aryl methyl sites for hydroxylation is 2. The van der Waals surface area contributed by atoms with Gasteiger partial charge in [0, 0.05) is 17.0 Å². The number of amides is 3. The van der Waals surface area contributed by atoms with E-state index in [-0.39, 0.29) is 17.2 Å². The van der Waals surface area contributed by atoms with Crippen LogP contribution >= 0.6 is 23.1 Å². The molecule has 0 aliphatic carbocycles. The first-order chi connectivity index (χ1) is 11.3. The number of nitrogens with one attached hydrogen (secondary N) is 2. The third-order valence-electron chi connectivity index (χ3n) is 2.83. The van der Waals surface area contributed by atoms with Gasteiger partial charge in [-0.1, -0.05) is 17.8 Å². The van der Waals surface area contributed by atoms with Gasteiger partial charge >= 0.3 is 6.03 Å². The molecule has 0 unspecified atom stereocenters. The maximum Gasteiger partial charge on any atom is 0.321 e. The third kappa shape index (κ3) is 6.32. The number of hydrogen-bond donors (Lipinski definition) is 2. The van der Waals surface area contributed by atoms with E-state index in [1.54, 1.807) is 17.7 Å². The van der Waals surface area contributed by atoms with Crippen LogP contribution in [0.3, 0.4) is 0 Å². The Morgan fingerprint density at radius 3 is 2.83 bits per heavy atom. The molecule has 24 heavy (non-hydrogen) atoms. The van der Waals surface area contributed by atoms with Crippen LogP contribution in [0.4, 0.5) is 4.79 Å². The Bertz CT molecular complexity index is 676. The average molecular weight is 368 g/mol. The number of urea groups is 1. The molecule has 2 aromatic heterocycles. The summed E-state index contributed by atoms with van der Waals surface area (Å²) in [6, 6.07) is 3.62. The summed E-state index contributed by atoms with van der Waals surface area (Å²) < 4.78 is 1.91. The molecule has 0 saturated carbocycles. The first kappa shape index (κ1) is 18.5. The molecule has 3 amide bonds. The summed E-state index contributed by atoms with van der Waals surface area (Å²) in [7, 11) is 0. The van der Waals surface area contributed by atoms with Gasteiger partial charge < -0.3 is 9.88 Å². The summed E-state index contributed by atoms with van der Waals surface area (Å²) in [6.07, 6.45) is 2.55. The number of imide groups is 1. The molecule has 0 aromatic carbocycles. The molecular weight excluding hydrogens is 346 g/mol. The first-order valence-electron chi connectivity index (χ1n) is 7.48. The van der Waals surface area contributed by atoms with Crippen molar-refractivity contribution in [1.82, 2.24) is 25.4 Å². The normalized spacial score (nSPS) is 11.3. The monoisotopic (exact) mass is 367 g/mol. The lowest BCUT2D eigenvalue weighted by Gasteiger charge is -2.20. The Morgan fingerprint density at radius 2 is 2.17 bits per heavy atom. The Hall–Kier alpha value is -1.87. The Kier molecular flexibility index (Phi) is 6.38. The number of hydrogen-bond acceptors (Lipinski definition) is 6. The molecule has 0 atom stereocenters. The molecule has 130 valence electrons. The largest absolute Gasteiger partial charge is 0.333 e. The summed E-state index contributed by atoms with van der Waals surface area (Å²) in [4.78, 5) is 24.8. The lowest BCUT2D eigenvalue weighted by Crippen LogP contribution is -2.48. The lowest BCUT2D eigenvalue weighted by atomic mass is 10.1. The Balaban J connectivity index is 1.79. The van der Waals surface area contributed by atoms with E-state index < -0.39 is 6.03 Å². The number of rotatable bonds is 6. The molecule has 0 aliphatic heterocycles. The van der Waals surface area contributed by atoms with Crippen molar-refractivity contribution in [1.29, 1.82) is 0 Å². The molecular formula is C15H21N5O2S2. The van der Waals surface area contributed by atoms with Crippen molar-refractivity contribution in [2.45, 2.75) is 44.4 Å². The van der Waals surface area contributed by atoms with Crippen molar-refractivity contribution in [2.24, 2.45) is 0 Å². The molecule has 9 heteroatoms. The highest BCUT2D eigenvalue weighted by molar-refractivity contribution is 7.99. The van der Waals surface area contributed by atoms with Gasteiger partial charge in [0.1, 0.15) is 6.33 Å². The summed E-state index contributed by atoms with van der Waals surface area (Å²) in [5.74, 6) is -0.260. The topological polar surface area (TPSA) is 88.9 Å². The van der Waals surface area contributed by atoms with Crippen molar-refractivity contribution >= 4 is 35.0 Å². The molecule has 0 fully saturated rings. The zero-order chi connectivity index (χ0) is 17.6. The zero-order valence-corrected chi connectivity index (χ0v) is 15.5. The molecule has 0 saturated heterocycles. The van der Waals surface area contributed by atoms with Gasteiger partial charge in [-0.25, -0.2) is 4.79 Å². The summed E-state index contributed by atoms with van der Waals surface area (Å²) in [5, 5.41) is 15.6. The van der Waals surface area contributed by atoms with E-state index in [9.17, 15) is 9.59 Å². The van der Waals surface area contributed by atoms with Crippen LogP contribution in [0.5, 0.6) is 0 Å². The van der Waals surface area contributed by atoms with Crippen molar-refractivity contribution in [2.75, 3.05) is 5.75 Å². The van der Waals surface area contributed by atoms with Gasteiger partial charge in [-0.15, -0.1) is 21.5 Å². The Morgan fingerprint density at radius 1 is 1.38 bits per heavy atom. The predicted molar refractivity (Wildman–Crippen MR) is 95.2 cm³/mol. The van der Waals surface area contributed by atoms with Crippen LogP contribution in [0.25, 0.3) is 0 Å². The van der Waals surface area contributed by atoms with Crippen molar-refractivity contribution in [3.63, 3.8) is 0 Å². The minimum Gasteiger partial charge on any atom is -0.333 e. The second-order valence-electron chi connectivity index (χ2n) is 6.18. The highest BCUT2D eigenvalue weighted by Crippen LogP contribution is 2.16. The molecule has 0 bridgehead atoms. The SMILES string of the molecule is CC(C)(C)NC(=O)NC(=O)CSc1nncn1CCc1cccs1. The fourth-order valence-electron chi connectivity index (χ4n) is 1.86. The molecule has 0 spiro atoms. The van der Waals surface area contributed by atoms with E-state index in [1.807, 2.05) is 36.8 Å². The van der Waals surface area contributed by atoms with Crippen molar-refractivity contribution in [3.05, 3.63) is 28.7 Å². The van der Waals surface area contributed by atoms with E-state index in [2.05, 4.69) is 26.9 Å². The number of carbonyl (C=O) groups is 2. The summed E-state index contributed by atoms with van der Waals surface area (Å²) in [6.45, 7) is 6.30. The van der Waals surface area contributed by atoms with Gasteiger partial charge in [-0.2, -0.15) is 0 Å². The van der Waals surface area contributed by atoms with Gasteiger partial charge in [0.25, 0.3) is 0 Å². The molecule has 7 nitrogen and oxygen atoms in total.